The van der Waals surface area contributed by atoms with E-state index in [0.717, 1.165) is 19.5 Å². The van der Waals surface area contributed by atoms with Crippen LogP contribution in [-0.4, -0.2) is 27.1 Å². The van der Waals surface area contributed by atoms with Gasteiger partial charge in [0.05, 0.1) is 11.9 Å². The fraction of sp³-hybridized carbons (Fsp3) is 0.133. The number of nitrogens with zero attached hydrogens (tertiary/aromatic N) is 1. The maximum atomic E-state index is 12.2. The van der Waals surface area contributed by atoms with E-state index in [4.69, 9.17) is 0 Å². The van der Waals surface area contributed by atoms with Crippen molar-refractivity contribution in [1.82, 2.24) is 0 Å². The number of benzene rings is 2. The Labute approximate surface area is 152 Å². The van der Waals surface area contributed by atoms with Gasteiger partial charge in [-0.1, -0.05) is 37.9 Å². The Balaban J connectivity index is 2.18. The first-order valence-electron chi connectivity index (χ1n) is 6.54. The smallest absolute Gasteiger partial charge is 0.245 e. The molecule has 2 aromatic carbocycles. The quantitative estimate of drug-likeness (QED) is 0.739. The minimum Gasteiger partial charge on any atom is -0.324 e. The van der Waals surface area contributed by atoms with Crippen LogP contribution in [0.2, 0.25) is 0 Å². The first-order valence-corrected chi connectivity index (χ1v) is 9.98. The lowest BCUT2D eigenvalue weighted by Crippen LogP contribution is -2.37. The Hall–Kier alpha value is -1.38. The third-order valence-corrected chi connectivity index (χ3v) is 5.07. The number of amides is 1. The lowest BCUT2D eigenvalue weighted by atomic mass is 10.3. The van der Waals surface area contributed by atoms with E-state index in [1.165, 1.54) is 0 Å². The number of hydrogen-bond acceptors (Lipinski definition) is 3. The standard InChI is InChI=1S/C15H14Br2N2O3S/c1-23(21,22)19(14-7-5-11(16)6-8-14)10-15(20)18-13-4-2-3-12(17)9-13/h2-9H,10H2,1H3,(H,18,20). The van der Waals surface area contributed by atoms with Crippen molar-refractivity contribution >= 4 is 59.2 Å². The average Bonchev–Trinajstić information content (AvgIpc) is 2.45. The summed E-state index contributed by atoms with van der Waals surface area (Å²) in [7, 11) is -3.58. The van der Waals surface area contributed by atoms with Crippen molar-refractivity contribution in [3.63, 3.8) is 0 Å². The fourth-order valence-corrected chi connectivity index (χ4v) is 3.42. The number of anilines is 2. The van der Waals surface area contributed by atoms with Crippen LogP contribution in [0.4, 0.5) is 11.4 Å². The maximum absolute atomic E-state index is 12.2. The molecular formula is C15H14Br2N2O3S. The lowest BCUT2D eigenvalue weighted by Gasteiger charge is -2.22. The molecule has 5 nitrogen and oxygen atoms in total. The van der Waals surface area contributed by atoms with Crippen LogP contribution in [0.1, 0.15) is 0 Å². The third-order valence-electron chi connectivity index (χ3n) is 2.91. The molecule has 8 heteroatoms. The maximum Gasteiger partial charge on any atom is 0.245 e. The molecule has 0 unspecified atom stereocenters. The molecular weight excluding hydrogens is 448 g/mol. The van der Waals surface area contributed by atoms with E-state index in [-0.39, 0.29) is 6.54 Å². The van der Waals surface area contributed by atoms with Crippen LogP contribution in [0, 0.1) is 0 Å². The van der Waals surface area contributed by atoms with E-state index in [9.17, 15) is 13.2 Å². The van der Waals surface area contributed by atoms with Gasteiger partial charge in [-0.2, -0.15) is 0 Å². The highest BCUT2D eigenvalue weighted by Crippen LogP contribution is 2.21. The molecule has 0 atom stereocenters. The zero-order valence-electron chi connectivity index (χ0n) is 12.2. The molecule has 2 aromatic rings. The molecule has 0 aliphatic carbocycles. The Morgan fingerprint density at radius 3 is 2.30 bits per heavy atom. The molecule has 0 saturated carbocycles. The van der Waals surface area contributed by atoms with Gasteiger partial charge in [-0.05, 0) is 42.5 Å². The average molecular weight is 462 g/mol. The second-order valence-electron chi connectivity index (χ2n) is 4.80. The van der Waals surface area contributed by atoms with Crippen LogP contribution in [-0.2, 0) is 14.8 Å². The van der Waals surface area contributed by atoms with Crippen molar-refractivity contribution in [2.75, 3.05) is 22.4 Å². The number of carbonyl (C=O) groups excluding carboxylic acids is 1. The minimum absolute atomic E-state index is 0.299. The second-order valence-corrected chi connectivity index (χ2v) is 8.54. The van der Waals surface area contributed by atoms with Gasteiger partial charge in [0.25, 0.3) is 0 Å². The number of hydrogen-bond donors (Lipinski definition) is 1. The predicted molar refractivity (Wildman–Crippen MR) is 99.1 cm³/mol. The van der Waals surface area contributed by atoms with Crippen molar-refractivity contribution in [2.45, 2.75) is 0 Å². The Morgan fingerprint density at radius 1 is 1.09 bits per heavy atom. The van der Waals surface area contributed by atoms with Crippen LogP contribution in [0.3, 0.4) is 0 Å². The molecule has 0 spiro atoms. The topological polar surface area (TPSA) is 66.5 Å². The zero-order valence-corrected chi connectivity index (χ0v) is 16.2. The Morgan fingerprint density at radius 2 is 1.74 bits per heavy atom. The van der Waals surface area contributed by atoms with Gasteiger partial charge in [-0.25, -0.2) is 8.42 Å². The third kappa shape index (κ3) is 5.33. The predicted octanol–water partition coefficient (Wildman–Crippen LogP) is 3.62. The molecule has 0 bridgehead atoms. The van der Waals surface area contributed by atoms with E-state index in [1.54, 1.807) is 42.5 Å². The molecule has 1 amide bonds. The Bertz CT molecular complexity index is 808. The summed E-state index contributed by atoms with van der Waals surface area (Å²) in [6.07, 6.45) is 1.07. The summed E-state index contributed by atoms with van der Waals surface area (Å²) in [6, 6.07) is 13.8. The highest BCUT2D eigenvalue weighted by molar-refractivity contribution is 9.10. The minimum atomic E-state index is -3.58. The van der Waals surface area contributed by atoms with E-state index in [2.05, 4.69) is 37.2 Å². The van der Waals surface area contributed by atoms with Gasteiger partial charge in [-0.3, -0.25) is 9.10 Å². The van der Waals surface area contributed by atoms with E-state index >= 15 is 0 Å². The van der Waals surface area contributed by atoms with Gasteiger partial charge in [0, 0.05) is 14.6 Å². The SMILES string of the molecule is CS(=O)(=O)N(CC(=O)Nc1cccc(Br)c1)c1ccc(Br)cc1. The van der Waals surface area contributed by atoms with Crippen molar-refractivity contribution in [2.24, 2.45) is 0 Å². The normalized spacial score (nSPS) is 11.1. The number of sulfonamides is 1. The summed E-state index contributed by atoms with van der Waals surface area (Å²) >= 11 is 6.61. The van der Waals surface area contributed by atoms with Crippen LogP contribution >= 0.6 is 31.9 Å². The molecule has 23 heavy (non-hydrogen) atoms. The summed E-state index contributed by atoms with van der Waals surface area (Å²) in [5.74, 6) is -0.420. The van der Waals surface area contributed by atoms with Crippen LogP contribution in [0.15, 0.2) is 57.5 Å². The number of rotatable bonds is 5. The molecule has 1 N–H and O–H groups in total. The van der Waals surface area contributed by atoms with Gasteiger partial charge >= 0.3 is 0 Å². The molecule has 0 aromatic heterocycles. The van der Waals surface area contributed by atoms with Gasteiger partial charge in [0.15, 0.2) is 0 Å². The van der Waals surface area contributed by atoms with Crippen LogP contribution in [0.25, 0.3) is 0 Å². The van der Waals surface area contributed by atoms with Crippen molar-refractivity contribution in [3.05, 3.63) is 57.5 Å². The van der Waals surface area contributed by atoms with E-state index < -0.39 is 15.9 Å². The number of halogens is 2. The lowest BCUT2D eigenvalue weighted by molar-refractivity contribution is -0.114. The van der Waals surface area contributed by atoms with Gasteiger partial charge < -0.3 is 5.32 Å². The van der Waals surface area contributed by atoms with Crippen LogP contribution in [0.5, 0.6) is 0 Å². The molecule has 2 rings (SSSR count). The molecule has 0 aliphatic rings. The van der Waals surface area contributed by atoms with Crippen molar-refractivity contribution in [3.8, 4) is 0 Å². The number of nitrogens with one attached hydrogen (secondary N) is 1. The van der Waals surface area contributed by atoms with Crippen LogP contribution < -0.4 is 9.62 Å². The molecule has 0 heterocycles. The van der Waals surface area contributed by atoms with E-state index in [1.807, 2.05) is 6.07 Å². The molecule has 0 aliphatic heterocycles. The van der Waals surface area contributed by atoms with Gasteiger partial charge in [-0.15, -0.1) is 0 Å². The van der Waals surface area contributed by atoms with Crippen molar-refractivity contribution < 1.29 is 13.2 Å². The summed E-state index contributed by atoms with van der Waals surface area (Å²) < 4.78 is 26.7. The molecule has 0 radical (unpaired) electrons. The zero-order chi connectivity index (χ0) is 17.0. The summed E-state index contributed by atoms with van der Waals surface area (Å²) in [4.78, 5) is 12.2. The molecule has 0 fully saturated rings. The van der Waals surface area contributed by atoms with Crippen molar-refractivity contribution in [1.29, 1.82) is 0 Å². The largest absolute Gasteiger partial charge is 0.324 e. The molecule has 0 saturated heterocycles. The highest BCUT2D eigenvalue weighted by Gasteiger charge is 2.20. The first-order chi connectivity index (χ1) is 10.8. The number of carbonyl (C=O) groups is 1. The monoisotopic (exact) mass is 460 g/mol. The summed E-state index contributed by atoms with van der Waals surface area (Å²) in [6.45, 7) is -0.299. The molecule has 122 valence electrons. The highest BCUT2D eigenvalue weighted by atomic mass is 79.9. The summed E-state index contributed by atoms with van der Waals surface area (Å²) in [5, 5.41) is 2.68. The summed E-state index contributed by atoms with van der Waals surface area (Å²) in [5.41, 5.74) is 1.02. The Kier molecular flexibility index (Phi) is 5.83. The van der Waals surface area contributed by atoms with Gasteiger partial charge in [0.2, 0.25) is 15.9 Å². The van der Waals surface area contributed by atoms with Gasteiger partial charge in [0.1, 0.15) is 6.54 Å². The van der Waals surface area contributed by atoms with E-state index in [0.29, 0.717) is 11.4 Å². The fourth-order valence-electron chi connectivity index (χ4n) is 1.90. The second kappa shape index (κ2) is 7.46. The first kappa shape index (κ1) is 18.0.